The molecule has 1 aliphatic carbocycles. The molecule has 24 heavy (non-hydrogen) atoms. The lowest BCUT2D eigenvalue weighted by atomic mass is 9.95. The first-order chi connectivity index (χ1) is 11.5. The van der Waals surface area contributed by atoms with Crippen LogP contribution in [-0.2, 0) is 17.6 Å². The number of carbonyl (C=O) groups excluding carboxylic acids is 1. The summed E-state index contributed by atoms with van der Waals surface area (Å²) in [4.78, 5) is 21.5. The van der Waals surface area contributed by atoms with Crippen LogP contribution >= 0.6 is 11.8 Å². The summed E-state index contributed by atoms with van der Waals surface area (Å²) in [6.07, 6.45) is 4.53. The molecule has 5 heteroatoms. The maximum absolute atomic E-state index is 12.2. The monoisotopic (exact) mass is 341 g/mol. The number of benzene rings is 1. The largest absolute Gasteiger partial charge is 0.325 e. The van der Waals surface area contributed by atoms with Gasteiger partial charge in [0.2, 0.25) is 5.91 Å². The first-order valence-electron chi connectivity index (χ1n) is 8.39. The molecule has 0 saturated heterocycles. The number of rotatable bonds is 4. The van der Waals surface area contributed by atoms with Crippen molar-refractivity contribution in [1.29, 1.82) is 0 Å². The first-order valence-corrected chi connectivity index (χ1v) is 9.38. The lowest BCUT2D eigenvalue weighted by Crippen LogP contribution is -2.16. The molecule has 2 aromatic rings. The molecule has 0 spiro atoms. The summed E-state index contributed by atoms with van der Waals surface area (Å²) in [7, 11) is 0. The second kappa shape index (κ2) is 7.34. The maximum atomic E-state index is 12.2. The van der Waals surface area contributed by atoms with E-state index in [4.69, 9.17) is 0 Å². The van der Waals surface area contributed by atoms with Gasteiger partial charge in [0.15, 0.2) is 5.16 Å². The average Bonchev–Trinajstić information content (AvgIpc) is 2.56. The molecule has 126 valence electrons. The number of nitrogens with zero attached hydrogens (tertiary/aromatic N) is 2. The van der Waals surface area contributed by atoms with E-state index in [-0.39, 0.29) is 5.91 Å². The van der Waals surface area contributed by atoms with Crippen molar-refractivity contribution >= 4 is 23.4 Å². The molecule has 1 amide bonds. The van der Waals surface area contributed by atoms with Crippen LogP contribution in [0, 0.1) is 20.8 Å². The Bertz CT molecular complexity index is 773. The number of thioether (sulfide) groups is 1. The fraction of sp³-hybridized carbons (Fsp3) is 0.421. The number of fused-ring (bicyclic) bond motifs is 1. The summed E-state index contributed by atoms with van der Waals surface area (Å²) >= 11 is 1.41. The van der Waals surface area contributed by atoms with Crippen molar-refractivity contribution in [1.82, 2.24) is 9.97 Å². The summed E-state index contributed by atoms with van der Waals surface area (Å²) in [5, 5.41) is 3.70. The van der Waals surface area contributed by atoms with Crippen molar-refractivity contribution in [3.8, 4) is 0 Å². The quantitative estimate of drug-likeness (QED) is 0.674. The Hall–Kier alpha value is -1.88. The predicted molar refractivity (Wildman–Crippen MR) is 98.7 cm³/mol. The summed E-state index contributed by atoms with van der Waals surface area (Å²) in [6.45, 7) is 6.07. The Morgan fingerprint density at radius 2 is 1.96 bits per heavy atom. The van der Waals surface area contributed by atoms with Gasteiger partial charge in [-0.3, -0.25) is 4.79 Å². The molecule has 1 aromatic heterocycles. The van der Waals surface area contributed by atoms with Gasteiger partial charge in [-0.2, -0.15) is 0 Å². The van der Waals surface area contributed by atoms with Gasteiger partial charge in [0.25, 0.3) is 0 Å². The molecule has 0 bridgehead atoms. The first kappa shape index (κ1) is 17.0. The summed E-state index contributed by atoms with van der Waals surface area (Å²) in [5.74, 6) is 0.304. The Morgan fingerprint density at radius 1 is 1.17 bits per heavy atom. The number of hydrogen-bond donors (Lipinski definition) is 1. The summed E-state index contributed by atoms with van der Waals surface area (Å²) in [6, 6.07) is 6.06. The molecule has 1 aromatic carbocycles. The van der Waals surface area contributed by atoms with Gasteiger partial charge in [-0.25, -0.2) is 9.97 Å². The predicted octanol–water partition coefficient (Wildman–Crippen LogP) is 4.01. The van der Waals surface area contributed by atoms with Crippen molar-refractivity contribution in [3.05, 3.63) is 46.3 Å². The third-order valence-corrected chi connectivity index (χ3v) is 5.22. The SMILES string of the molecule is Cc1ccc(C)c(NC(=O)CSc2nc(C)c3c(n2)CCCC3)c1. The van der Waals surface area contributed by atoms with Gasteiger partial charge in [0, 0.05) is 17.1 Å². The van der Waals surface area contributed by atoms with Gasteiger partial charge >= 0.3 is 0 Å². The highest BCUT2D eigenvalue weighted by Crippen LogP contribution is 2.25. The second-order valence-corrected chi connectivity index (χ2v) is 7.32. The third kappa shape index (κ3) is 3.96. The third-order valence-electron chi connectivity index (χ3n) is 4.37. The highest BCUT2D eigenvalue weighted by molar-refractivity contribution is 7.99. The Kier molecular flexibility index (Phi) is 5.19. The Balaban J connectivity index is 1.64. The molecular weight excluding hydrogens is 318 g/mol. The fourth-order valence-electron chi connectivity index (χ4n) is 3.01. The molecular formula is C19H23N3OS. The topological polar surface area (TPSA) is 54.9 Å². The van der Waals surface area contributed by atoms with Crippen LogP contribution in [-0.4, -0.2) is 21.6 Å². The van der Waals surface area contributed by atoms with E-state index in [1.807, 2.05) is 39.0 Å². The lowest BCUT2D eigenvalue weighted by molar-refractivity contribution is -0.113. The van der Waals surface area contributed by atoms with Crippen molar-refractivity contribution in [2.24, 2.45) is 0 Å². The van der Waals surface area contributed by atoms with Crippen LogP contribution in [0.2, 0.25) is 0 Å². The van der Waals surface area contributed by atoms with E-state index < -0.39 is 0 Å². The van der Waals surface area contributed by atoms with Crippen molar-refractivity contribution in [3.63, 3.8) is 0 Å². The van der Waals surface area contributed by atoms with Crippen LogP contribution in [0.15, 0.2) is 23.4 Å². The molecule has 1 heterocycles. The van der Waals surface area contributed by atoms with Gasteiger partial charge in [0.1, 0.15) is 0 Å². The zero-order valence-corrected chi connectivity index (χ0v) is 15.3. The van der Waals surface area contributed by atoms with Gasteiger partial charge in [-0.15, -0.1) is 0 Å². The number of anilines is 1. The molecule has 4 nitrogen and oxygen atoms in total. The maximum Gasteiger partial charge on any atom is 0.234 e. The summed E-state index contributed by atoms with van der Waals surface area (Å²) < 4.78 is 0. The normalized spacial score (nSPS) is 13.5. The number of hydrogen-bond acceptors (Lipinski definition) is 4. The van der Waals surface area contributed by atoms with E-state index in [1.165, 1.54) is 35.9 Å². The lowest BCUT2D eigenvalue weighted by Gasteiger charge is -2.17. The number of amides is 1. The van der Waals surface area contributed by atoms with Crippen molar-refractivity contribution in [2.75, 3.05) is 11.1 Å². The van der Waals surface area contributed by atoms with Crippen LogP contribution in [0.3, 0.4) is 0 Å². The number of nitrogens with one attached hydrogen (secondary N) is 1. The van der Waals surface area contributed by atoms with Crippen LogP contribution in [0.1, 0.15) is 40.9 Å². The highest BCUT2D eigenvalue weighted by Gasteiger charge is 2.16. The number of aryl methyl sites for hydroxylation is 4. The number of carbonyl (C=O) groups is 1. The molecule has 0 unspecified atom stereocenters. The van der Waals surface area contributed by atoms with Gasteiger partial charge in [0.05, 0.1) is 5.75 Å². The zero-order chi connectivity index (χ0) is 17.1. The van der Waals surface area contributed by atoms with E-state index in [2.05, 4.69) is 15.3 Å². The van der Waals surface area contributed by atoms with Gasteiger partial charge < -0.3 is 5.32 Å². The van der Waals surface area contributed by atoms with Gasteiger partial charge in [-0.1, -0.05) is 23.9 Å². The van der Waals surface area contributed by atoms with Crippen LogP contribution in [0.25, 0.3) is 0 Å². The van der Waals surface area contributed by atoms with E-state index in [0.717, 1.165) is 35.3 Å². The molecule has 0 atom stereocenters. The minimum absolute atomic E-state index is 0.0207. The van der Waals surface area contributed by atoms with Crippen LogP contribution in [0.5, 0.6) is 0 Å². The van der Waals surface area contributed by atoms with E-state index >= 15 is 0 Å². The fourth-order valence-corrected chi connectivity index (χ4v) is 3.71. The van der Waals surface area contributed by atoms with E-state index in [0.29, 0.717) is 10.9 Å². The molecule has 3 rings (SSSR count). The Morgan fingerprint density at radius 3 is 2.79 bits per heavy atom. The Labute approximate surface area is 147 Å². The van der Waals surface area contributed by atoms with E-state index in [9.17, 15) is 4.79 Å². The standard InChI is InChI=1S/C19H23N3OS/c1-12-8-9-13(2)17(10-12)21-18(23)11-24-19-20-14(3)15-6-4-5-7-16(15)22-19/h8-10H,4-7,11H2,1-3H3,(H,21,23). The zero-order valence-electron chi connectivity index (χ0n) is 14.5. The van der Waals surface area contributed by atoms with Crippen molar-refractivity contribution < 1.29 is 4.79 Å². The molecule has 1 N–H and O–H groups in total. The molecule has 0 radical (unpaired) electrons. The van der Waals surface area contributed by atoms with Gasteiger partial charge in [-0.05, 0) is 69.2 Å². The molecule has 0 aliphatic heterocycles. The van der Waals surface area contributed by atoms with Crippen molar-refractivity contribution in [2.45, 2.75) is 51.6 Å². The van der Waals surface area contributed by atoms with E-state index in [1.54, 1.807) is 0 Å². The van der Waals surface area contributed by atoms with Crippen LogP contribution < -0.4 is 5.32 Å². The number of aromatic nitrogens is 2. The molecule has 0 fully saturated rings. The smallest absolute Gasteiger partial charge is 0.234 e. The summed E-state index contributed by atoms with van der Waals surface area (Å²) in [5.41, 5.74) is 6.63. The minimum atomic E-state index is -0.0207. The minimum Gasteiger partial charge on any atom is -0.325 e. The van der Waals surface area contributed by atoms with Crippen LogP contribution in [0.4, 0.5) is 5.69 Å². The second-order valence-electron chi connectivity index (χ2n) is 6.38. The molecule has 0 saturated carbocycles. The molecule has 1 aliphatic rings. The highest BCUT2D eigenvalue weighted by atomic mass is 32.2. The average molecular weight is 341 g/mol.